The molecule has 1 heterocycles. The molecule has 0 atom stereocenters. The Morgan fingerprint density at radius 1 is 1.21 bits per heavy atom. The number of nitrogens with zero attached hydrogens (tertiary/aromatic N) is 2. The second kappa shape index (κ2) is 6.84. The fourth-order valence-electron chi connectivity index (χ4n) is 2.21. The Morgan fingerprint density at radius 2 is 1.96 bits per heavy atom. The highest BCUT2D eigenvalue weighted by atomic mass is 16.7. The van der Waals surface area contributed by atoms with Crippen LogP contribution in [0.5, 0.6) is 11.5 Å². The normalized spacial score (nSPS) is 12.6. The number of hydrogen-bond acceptors (Lipinski definition) is 6. The number of benzene rings is 2. The molecule has 2 aromatic carbocycles. The van der Waals surface area contributed by atoms with Crippen molar-refractivity contribution in [2.45, 2.75) is 13.5 Å². The molecule has 1 aliphatic heterocycles. The van der Waals surface area contributed by atoms with Gasteiger partial charge in [-0.1, -0.05) is 17.3 Å². The fraction of sp³-hybridized carbons (Fsp3) is 0.167. The topological polar surface area (TPSA) is 80.9 Å². The lowest BCUT2D eigenvalue weighted by Gasteiger charge is -2.05. The molecular formula is C18H14N2O4. The van der Waals surface area contributed by atoms with E-state index in [1.807, 2.05) is 0 Å². The van der Waals surface area contributed by atoms with Crippen LogP contribution in [0, 0.1) is 11.3 Å². The molecule has 0 saturated carbocycles. The van der Waals surface area contributed by atoms with Gasteiger partial charge in [0, 0.05) is 12.5 Å². The van der Waals surface area contributed by atoms with E-state index in [4.69, 9.17) is 19.6 Å². The van der Waals surface area contributed by atoms with Gasteiger partial charge in [-0.3, -0.25) is 4.79 Å². The number of fused-ring (bicyclic) bond motifs is 1. The summed E-state index contributed by atoms with van der Waals surface area (Å²) >= 11 is 0. The van der Waals surface area contributed by atoms with Crippen molar-refractivity contribution in [3.05, 3.63) is 59.2 Å². The van der Waals surface area contributed by atoms with Crippen molar-refractivity contribution >= 4 is 11.5 Å². The van der Waals surface area contributed by atoms with E-state index in [9.17, 15) is 4.79 Å². The van der Waals surface area contributed by atoms with Gasteiger partial charge in [-0.15, -0.1) is 0 Å². The van der Waals surface area contributed by atoms with Gasteiger partial charge in [0.05, 0.1) is 11.6 Å². The zero-order valence-electron chi connectivity index (χ0n) is 13.0. The Kier molecular flexibility index (Phi) is 4.43. The first-order valence-corrected chi connectivity index (χ1v) is 7.27. The van der Waals surface area contributed by atoms with E-state index in [1.54, 1.807) is 42.5 Å². The van der Waals surface area contributed by atoms with E-state index >= 15 is 0 Å². The number of carbonyl (C=O) groups is 1. The van der Waals surface area contributed by atoms with Crippen LogP contribution in [0.4, 0.5) is 0 Å². The maximum Gasteiger partial charge on any atom is 0.231 e. The van der Waals surface area contributed by atoms with Gasteiger partial charge < -0.3 is 14.3 Å². The number of carbonyl (C=O) groups excluding carboxylic acids is 1. The summed E-state index contributed by atoms with van der Waals surface area (Å²) in [7, 11) is 0. The molecule has 2 aromatic rings. The molecule has 0 unspecified atom stereocenters. The van der Waals surface area contributed by atoms with E-state index in [2.05, 4.69) is 11.2 Å². The van der Waals surface area contributed by atoms with E-state index in [1.165, 1.54) is 6.92 Å². The molecule has 0 aromatic heterocycles. The second-order valence-electron chi connectivity index (χ2n) is 5.15. The van der Waals surface area contributed by atoms with Crippen molar-refractivity contribution in [2.24, 2.45) is 5.16 Å². The lowest BCUT2D eigenvalue weighted by molar-refractivity contribution is -0.111. The summed E-state index contributed by atoms with van der Waals surface area (Å²) in [4.78, 5) is 17.2. The molecule has 3 rings (SSSR count). The molecule has 0 N–H and O–H groups in total. The minimum atomic E-state index is -0.214. The highest BCUT2D eigenvalue weighted by molar-refractivity contribution is 6.45. The maximum atomic E-state index is 11.9. The average molecular weight is 322 g/mol. The Balaban J connectivity index is 1.74. The van der Waals surface area contributed by atoms with Crippen LogP contribution in [-0.4, -0.2) is 18.3 Å². The molecule has 0 aliphatic carbocycles. The van der Waals surface area contributed by atoms with Gasteiger partial charge in [0.25, 0.3) is 0 Å². The SMILES string of the molecule is CC(=O)/C(=N\OCc1ccc(C#N)cc1)c1ccc2c(c1)OCO2. The first kappa shape index (κ1) is 15.6. The number of rotatable bonds is 5. The van der Waals surface area contributed by atoms with Gasteiger partial charge in [-0.05, 0) is 35.9 Å². The van der Waals surface area contributed by atoms with E-state index < -0.39 is 0 Å². The predicted octanol–water partition coefficient (Wildman–Crippen LogP) is 2.80. The van der Waals surface area contributed by atoms with Crippen molar-refractivity contribution in [1.82, 2.24) is 0 Å². The molecule has 0 fully saturated rings. The van der Waals surface area contributed by atoms with Crippen molar-refractivity contribution in [3.63, 3.8) is 0 Å². The Bertz CT molecular complexity index is 835. The molecule has 6 nitrogen and oxygen atoms in total. The average Bonchev–Trinajstić information content (AvgIpc) is 3.06. The summed E-state index contributed by atoms with van der Waals surface area (Å²) in [6.45, 7) is 1.79. The largest absolute Gasteiger partial charge is 0.454 e. The summed E-state index contributed by atoms with van der Waals surface area (Å²) in [6, 6.07) is 14.2. The summed E-state index contributed by atoms with van der Waals surface area (Å²) in [5.74, 6) is 1.00. The minimum Gasteiger partial charge on any atom is -0.454 e. The standard InChI is InChI=1S/C18H14N2O4/c1-12(21)18(15-6-7-16-17(8-15)23-11-22-16)20-24-10-14-4-2-13(9-19)3-5-14/h2-8H,10-11H2,1H3/b20-18+. The third-order valence-electron chi connectivity index (χ3n) is 3.45. The number of nitriles is 1. The number of ketones is 1. The maximum absolute atomic E-state index is 11.9. The lowest BCUT2D eigenvalue weighted by atomic mass is 10.1. The second-order valence-corrected chi connectivity index (χ2v) is 5.15. The minimum absolute atomic E-state index is 0.167. The van der Waals surface area contributed by atoms with Gasteiger partial charge in [0.2, 0.25) is 6.79 Å². The highest BCUT2D eigenvalue weighted by Crippen LogP contribution is 2.32. The zero-order chi connectivity index (χ0) is 16.9. The van der Waals surface area contributed by atoms with Crippen molar-refractivity contribution in [2.75, 3.05) is 6.79 Å². The molecule has 0 amide bonds. The molecule has 0 radical (unpaired) electrons. The Morgan fingerprint density at radius 3 is 2.67 bits per heavy atom. The van der Waals surface area contributed by atoms with Crippen molar-refractivity contribution in [1.29, 1.82) is 5.26 Å². The van der Waals surface area contributed by atoms with Gasteiger partial charge in [0.15, 0.2) is 23.0 Å². The third kappa shape index (κ3) is 3.36. The smallest absolute Gasteiger partial charge is 0.231 e. The number of hydrogen-bond donors (Lipinski definition) is 0. The van der Waals surface area contributed by atoms with Gasteiger partial charge in [-0.2, -0.15) is 5.26 Å². The Labute approximate surface area is 138 Å². The van der Waals surface area contributed by atoms with Gasteiger partial charge in [0.1, 0.15) is 6.61 Å². The first-order chi connectivity index (χ1) is 11.7. The number of ether oxygens (including phenoxy) is 2. The summed E-state index contributed by atoms with van der Waals surface area (Å²) in [5.41, 5.74) is 2.24. The van der Waals surface area contributed by atoms with Crippen LogP contribution < -0.4 is 9.47 Å². The van der Waals surface area contributed by atoms with Crippen molar-refractivity contribution < 1.29 is 19.1 Å². The van der Waals surface area contributed by atoms with Gasteiger partial charge in [-0.25, -0.2) is 0 Å². The molecule has 24 heavy (non-hydrogen) atoms. The predicted molar refractivity (Wildman–Crippen MR) is 85.7 cm³/mol. The van der Waals surface area contributed by atoms with Crippen LogP contribution in [0.1, 0.15) is 23.6 Å². The highest BCUT2D eigenvalue weighted by Gasteiger charge is 2.17. The van der Waals surface area contributed by atoms with Crippen LogP contribution in [0.2, 0.25) is 0 Å². The summed E-state index contributed by atoms with van der Waals surface area (Å²) in [5, 5.41) is 12.7. The summed E-state index contributed by atoms with van der Waals surface area (Å²) < 4.78 is 10.6. The van der Waals surface area contributed by atoms with Crippen molar-refractivity contribution in [3.8, 4) is 17.6 Å². The lowest BCUT2D eigenvalue weighted by Crippen LogP contribution is -2.12. The zero-order valence-corrected chi connectivity index (χ0v) is 13.0. The van der Waals surface area contributed by atoms with Crippen LogP contribution in [0.3, 0.4) is 0 Å². The molecule has 1 aliphatic rings. The molecule has 6 heteroatoms. The third-order valence-corrected chi connectivity index (χ3v) is 3.45. The summed E-state index contributed by atoms with van der Waals surface area (Å²) in [6.07, 6.45) is 0. The molecule has 0 saturated heterocycles. The molecule has 0 spiro atoms. The Hall–Kier alpha value is -3.33. The first-order valence-electron chi connectivity index (χ1n) is 7.27. The van der Waals surface area contributed by atoms with E-state index in [0.29, 0.717) is 22.6 Å². The van der Waals surface area contributed by atoms with E-state index in [0.717, 1.165) is 5.56 Å². The van der Waals surface area contributed by atoms with Crippen LogP contribution >= 0.6 is 0 Å². The monoisotopic (exact) mass is 322 g/mol. The van der Waals surface area contributed by atoms with Crippen LogP contribution in [0.15, 0.2) is 47.6 Å². The molecular weight excluding hydrogens is 308 g/mol. The van der Waals surface area contributed by atoms with Crippen LogP contribution in [0.25, 0.3) is 0 Å². The van der Waals surface area contributed by atoms with Crippen LogP contribution in [-0.2, 0) is 16.2 Å². The van der Waals surface area contributed by atoms with E-state index in [-0.39, 0.29) is 24.9 Å². The fourth-order valence-corrected chi connectivity index (χ4v) is 2.21. The van der Waals surface area contributed by atoms with Gasteiger partial charge >= 0.3 is 0 Å². The number of oxime groups is 1. The quantitative estimate of drug-likeness (QED) is 0.624. The molecule has 0 bridgehead atoms. The molecule has 120 valence electrons. The number of Topliss-reactive ketones (excluding diaryl/α,β-unsaturated/α-hetero) is 1.